The molecule has 5 aromatic rings. The van der Waals surface area contributed by atoms with Crippen molar-refractivity contribution in [1.82, 2.24) is 14.8 Å². The van der Waals surface area contributed by atoms with E-state index in [1.54, 1.807) is 18.9 Å². The van der Waals surface area contributed by atoms with Gasteiger partial charge < -0.3 is 10.1 Å². The number of hydrogen-bond donors (Lipinski definition) is 1. The van der Waals surface area contributed by atoms with Crippen molar-refractivity contribution >= 4 is 23.4 Å². The van der Waals surface area contributed by atoms with Gasteiger partial charge in [0, 0.05) is 28.3 Å². The second-order valence-corrected chi connectivity index (χ2v) is 9.40. The third kappa shape index (κ3) is 5.57. The molecule has 0 bridgehead atoms. The van der Waals surface area contributed by atoms with Gasteiger partial charge in [-0.05, 0) is 60.5 Å². The van der Waals surface area contributed by atoms with Gasteiger partial charge in [0.2, 0.25) is 0 Å². The van der Waals surface area contributed by atoms with E-state index in [2.05, 4.69) is 20.1 Å². The van der Waals surface area contributed by atoms with Crippen LogP contribution in [0.5, 0.6) is 5.75 Å². The third-order valence-corrected chi connectivity index (χ3v) is 6.97. The minimum Gasteiger partial charge on any atom is -0.497 e. The van der Waals surface area contributed by atoms with Gasteiger partial charge in [0.15, 0.2) is 11.0 Å². The minimum absolute atomic E-state index is 0.125. The van der Waals surface area contributed by atoms with Crippen LogP contribution in [0, 0.1) is 6.92 Å². The van der Waals surface area contributed by atoms with E-state index in [1.165, 1.54) is 0 Å². The first kappa shape index (κ1) is 24.3. The fourth-order valence-corrected chi connectivity index (χ4v) is 4.82. The lowest BCUT2D eigenvalue weighted by molar-refractivity contribution is 0.102. The molecule has 0 fully saturated rings. The predicted molar refractivity (Wildman–Crippen MR) is 148 cm³/mol. The molecule has 1 N–H and O–H groups in total. The smallest absolute Gasteiger partial charge is 0.255 e. The van der Waals surface area contributed by atoms with Gasteiger partial charge in [-0.1, -0.05) is 72.4 Å². The molecule has 1 heterocycles. The molecule has 0 saturated carbocycles. The SMILES string of the molecule is COc1ccc(-n2c(SCc3ccc(C(=O)Nc4ccccc4C)cc3)nnc2-c2ccccc2)cc1. The molecule has 0 aliphatic heterocycles. The van der Waals surface area contributed by atoms with Gasteiger partial charge in [-0.2, -0.15) is 0 Å². The molecule has 0 atom stereocenters. The molecule has 1 aromatic heterocycles. The Morgan fingerprint density at radius 1 is 0.865 bits per heavy atom. The van der Waals surface area contributed by atoms with Crippen molar-refractivity contribution in [3.05, 3.63) is 120 Å². The summed E-state index contributed by atoms with van der Waals surface area (Å²) >= 11 is 1.60. The van der Waals surface area contributed by atoms with E-state index >= 15 is 0 Å². The zero-order chi connectivity index (χ0) is 25.6. The van der Waals surface area contributed by atoms with Gasteiger partial charge in [0.05, 0.1) is 7.11 Å². The van der Waals surface area contributed by atoms with Crippen molar-refractivity contribution in [3.8, 4) is 22.8 Å². The Kier molecular flexibility index (Phi) is 7.33. The van der Waals surface area contributed by atoms with Gasteiger partial charge in [0.25, 0.3) is 5.91 Å². The number of aryl methyl sites for hydroxylation is 1. The van der Waals surface area contributed by atoms with E-state index in [0.29, 0.717) is 11.3 Å². The molecule has 6 nitrogen and oxygen atoms in total. The van der Waals surface area contributed by atoms with Crippen LogP contribution in [0.15, 0.2) is 108 Å². The fourth-order valence-electron chi connectivity index (χ4n) is 3.91. The van der Waals surface area contributed by atoms with Crippen LogP contribution in [-0.2, 0) is 5.75 Å². The summed E-state index contributed by atoms with van der Waals surface area (Å²) in [7, 11) is 1.65. The number of hydrogen-bond acceptors (Lipinski definition) is 5. The van der Waals surface area contributed by atoms with Gasteiger partial charge in [0.1, 0.15) is 5.75 Å². The molecule has 0 saturated heterocycles. The van der Waals surface area contributed by atoms with E-state index < -0.39 is 0 Å². The number of thioether (sulfide) groups is 1. The van der Waals surface area contributed by atoms with Crippen LogP contribution < -0.4 is 10.1 Å². The zero-order valence-electron chi connectivity index (χ0n) is 20.6. The Balaban J connectivity index is 1.34. The lowest BCUT2D eigenvalue weighted by Gasteiger charge is -2.11. The van der Waals surface area contributed by atoms with Gasteiger partial charge in [-0.15, -0.1) is 10.2 Å². The number of carbonyl (C=O) groups is 1. The maximum atomic E-state index is 12.7. The highest BCUT2D eigenvalue weighted by atomic mass is 32.2. The number of aromatic nitrogens is 3. The van der Waals surface area contributed by atoms with Crippen LogP contribution in [-0.4, -0.2) is 27.8 Å². The molecule has 37 heavy (non-hydrogen) atoms. The van der Waals surface area contributed by atoms with Gasteiger partial charge in [-0.3, -0.25) is 9.36 Å². The normalized spacial score (nSPS) is 10.8. The van der Waals surface area contributed by atoms with E-state index in [1.807, 2.05) is 110 Å². The third-order valence-electron chi connectivity index (χ3n) is 5.97. The number of anilines is 1. The zero-order valence-corrected chi connectivity index (χ0v) is 21.4. The molecule has 184 valence electrons. The number of amides is 1. The van der Waals surface area contributed by atoms with Gasteiger partial charge >= 0.3 is 0 Å². The second kappa shape index (κ2) is 11.1. The van der Waals surface area contributed by atoms with Crippen molar-refractivity contribution in [2.24, 2.45) is 0 Å². The summed E-state index contributed by atoms with van der Waals surface area (Å²) < 4.78 is 7.39. The van der Waals surface area contributed by atoms with Crippen LogP contribution in [0.3, 0.4) is 0 Å². The molecule has 0 radical (unpaired) electrons. The number of para-hydroxylation sites is 1. The standard InChI is InChI=1S/C30H26N4O2S/c1-21-8-6-7-11-27(21)31-29(35)24-14-12-22(13-15-24)20-37-30-33-32-28(23-9-4-3-5-10-23)34(30)25-16-18-26(36-2)19-17-25/h3-19H,20H2,1-2H3,(H,31,35). The van der Waals surface area contributed by atoms with E-state index in [0.717, 1.165) is 44.8 Å². The number of rotatable bonds is 8. The summed E-state index contributed by atoms with van der Waals surface area (Å²) in [6.07, 6.45) is 0. The average Bonchev–Trinajstić information content (AvgIpc) is 3.38. The number of benzene rings is 4. The first-order valence-corrected chi connectivity index (χ1v) is 12.8. The van der Waals surface area contributed by atoms with Crippen LogP contribution in [0.2, 0.25) is 0 Å². The molecule has 1 amide bonds. The maximum absolute atomic E-state index is 12.7. The molecule has 5 rings (SSSR count). The maximum Gasteiger partial charge on any atom is 0.255 e. The molecule has 4 aromatic carbocycles. The van der Waals surface area contributed by atoms with Crippen LogP contribution in [0.25, 0.3) is 17.1 Å². The largest absolute Gasteiger partial charge is 0.497 e. The highest BCUT2D eigenvalue weighted by Crippen LogP contribution is 2.30. The Hall–Kier alpha value is -4.36. The topological polar surface area (TPSA) is 69.0 Å². The van der Waals surface area contributed by atoms with Gasteiger partial charge in [-0.25, -0.2) is 0 Å². The van der Waals surface area contributed by atoms with E-state index in [9.17, 15) is 4.79 Å². The van der Waals surface area contributed by atoms with Crippen LogP contribution >= 0.6 is 11.8 Å². The Bertz CT molecular complexity index is 1500. The number of nitrogens with one attached hydrogen (secondary N) is 1. The van der Waals surface area contributed by atoms with Crippen LogP contribution in [0.4, 0.5) is 5.69 Å². The summed E-state index contributed by atoms with van der Waals surface area (Å²) in [5, 5.41) is 12.8. The molecule has 0 spiro atoms. The number of methoxy groups -OCH3 is 1. The summed E-state index contributed by atoms with van der Waals surface area (Å²) in [4.78, 5) is 12.7. The highest BCUT2D eigenvalue weighted by molar-refractivity contribution is 7.98. The summed E-state index contributed by atoms with van der Waals surface area (Å²) in [6.45, 7) is 1.98. The quantitative estimate of drug-likeness (QED) is 0.235. The number of carbonyl (C=O) groups excluding carboxylic acids is 1. The molecular weight excluding hydrogens is 480 g/mol. The summed E-state index contributed by atoms with van der Waals surface area (Å²) in [6, 6.07) is 33.3. The van der Waals surface area contributed by atoms with Crippen molar-refractivity contribution in [2.45, 2.75) is 17.8 Å². The van der Waals surface area contributed by atoms with E-state index in [4.69, 9.17) is 4.74 Å². The molecular formula is C30H26N4O2S. The Morgan fingerprint density at radius 2 is 1.57 bits per heavy atom. The first-order chi connectivity index (χ1) is 18.1. The molecule has 7 heteroatoms. The lowest BCUT2D eigenvalue weighted by atomic mass is 10.1. The fraction of sp³-hybridized carbons (Fsp3) is 0.100. The van der Waals surface area contributed by atoms with E-state index in [-0.39, 0.29) is 5.91 Å². The molecule has 0 aliphatic carbocycles. The predicted octanol–water partition coefficient (Wildman–Crippen LogP) is 6.80. The van der Waals surface area contributed by atoms with Crippen molar-refractivity contribution < 1.29 is 9.53 Å². The van der Waals surface area contributed by atoms with Crippen LogP contribution in [0.1, 0.15) is 21.5 Å². The monoisotopic (exact) mass is 506 g/mol. The van der Waals surface area contributed by atoms with Crippen molar-refractivity contribution in [3.63, 3.8) is 0 Å². The van der Waals surface area contributed by atoms with Crippen molar-refractivity contribution in [1.29, 1.82) is 0 Å². The summed E-state index contributed by atoms with van der Waals surface area (Å²) in [5.74, 6) is 2.12. The molecule has 0 aliphatic rings. The number of nitrogens with zero attached hydrogens (tertiary/aromatic N) is 3. The number of ether oxygens (including phenoxy) is 1. The Morgan fingerprint density at radius 3 is 2.27 bits per heavy atom. The Labute approximate surface area is 220 Å². The minimum atomic E-state index is -0.125. The highest BCUT2D eigenvalue weighted by Gasteiger charge is 2.16. The van der Waals surface area contributed by atoms with Crippen molar-refractivity contribution in [2.75, 3.05) is 12.4 Å². The summed E-state index contributed by atoms with van der Waals surface area (Å²) in [5.41, 5.74) is 5.49. The lowest BCUT2D eigenvalue weighted by Crippen LogP contribution is -2.12. The second-order valence-electron chi connectivity index (χ2n) is 8.46. The average molecular weight is 507 g/mol. The first-order valence-electron chi connectivity index (χ1n) is 11.9. The molecule has 0 unspecified atom stereocenters.